The van der Waals surface area contributed by atoms with Gasteiger partial charge in [0.25, 0.3) is 0 Å². The molecule has 4 nitrogen and oxygen atoms in total. The SMILES string of the molecule is CC1CCNC1C(=O)NCC1CCN(C)C1. The van der Waals surface area contributed by atoms with E-state index in [0.29, 0.717) is 11.8 Å². The average Bonchev–Trinajstić information content (AvgIpc) is 2.84. The fourth-order valence-corrected chi connectivity index (χ4v) is 2.73. The number of hydrogen-bond acceptors (Lipinski definition) is 3. The minimum Gasteiger partial charge on any atom is -0.354 e. The first-order valence-corrected chi connectivity index (χ1v) is 6.36. The summed E-state index contributed by atoms with van der Waals surface area (Å²) in [5, 5.41) is 6.36. The van der Waals surface area contributed by atoms with Gasteiger partial charge in [-0.2, -0.15) is 0 Å². The van der Waals surface area contributed by atoms with Crippen LogP contribution in [0.3, 0.4) is 0 Å². The zero-order valence-electron chi connectivity index (χ0n) is 10.3. The molecule has 3 atom stereocenters. The van der Waals surface area contributed by atoms with E-state index < -0.39 is 0 Å². The smallest absolute Gasteiger partial charge is 0.237 e. The van der Waals surface area contributed by atoms with E-state index >= 15 is 0 Å². The van der Waals surface area contributed by atoms with Crippen molar-refractivity contribution >= 4 is 5.91 Å². The van der Waals surface area contributed by atoms with Gasteiger partial charge in [-0.05, 0) is 44.8 Å². The van der Waals surface area contributed by atoms with Crippen molar-refractivity contribution in [2.24, 2.45) is 11.8 Å². The molecule has 2 fully saturated rings. The van der Waals surface area contributed by atoms with Crippen LogP contribution < -0.4 is 10.6 Å². The van der Waals surface area contributed by atoms with Crippen LogP contribution in [-0.2, 0) is 4.79 Å². The lowest BCUT2D eigenvalue weighted by Crippen LogP contribution is -2.44. The Morgan fingerprint density at radius 2 is 2.31 bits per heavy atom. The van der Waals surface area contributed by atoms with Crippen LogP contribution in [-0.4, -0.2) is 50.1 Å². The third-order valence-electron chi connectivity index (χ3n) is 3.87. The lowest BCUT2D eigenvalue weighted by molar-refractivity contribution is -0.123. The van der Waals surface area contributed by atoms with Crippen LogP contribution in [0.1, 0.15) is 19.8 Å². The van der Waals surface area contributed by atoms with Gasteiger partial charge in [-0.1, -0.05) is 6.92 Å². The maximum absolute atomic E-state index is 11.9. The first-order chi connectivity index (χ1) is 7.66. The molecule has 0 aliphatic carbocycles. The molecule has 0 aromatic heterocycles. The largest absolute Gasteiger partial charge is 0.354 e. The Hall–Kier alpha value is -0.610. The Morgan fingerprint density at radius 3 is 2.88 bits per heavy atom. The fraction of sp³-hybridized carbons (Fsp3) is 0.917. The Bertz CT molecular complexity index is 257. The highest BCUT2D eigenvalue weighted by atomic mass is 16.2. The van der Waals surface area contributed by atoms with E-state index in [1.165, 1.54) is 13.0 Å². The first kappa shape index (κ1) is 11.9. The topological polar surface area (TPSA) is 44.4 Å². The van der Waals surface area contributed by atoms with Crippen molar-refractivity contribution in [3.63, 3.8) is 0 Å². The van der Waals surface area contributed by atoms with Gasteiger partial charge in [0, 0.05) is 13.1 Å². The van der Waals surface area contributed by atoms with Gasteiger partial charge < -0.3 is 15.5 Å². The van der Waals surface area contributed by atoms with Crippen molar-refractivity contribution in [2.75, 3.05) is 33.2 Å². The van der Waals surface area contributed by atoms with E-state index in [0.717, 1.165) is 26.1 Å². The molecule has 2 saturated heterocycles. The van der Waals surface area contributed by atoms with Crippen molar-refractivity contribution in [3.05, 3.63) is 0 Å². The second kappa shape index (κ2) is 5.15. The summed E-state index contributed by atoms with van der Waals surface area (Å²) in [6, 6.07) is 0.0409. The zero-order valence-corrected chi connectivity index (χ0v) is 10.3. The molecule has 0 bridgehead atoms. The van der Waals surface area contributed by atoms with Crippen LogP contribution in [0.15, 0.2) is 0 Å². The number of hydrogen-bond donors (Lipinski definition) is 2. The summed E-state index contributed by atoms with van der Waals surface area (Å²) < 4.78 is 0. The van der Waals surface area contributed by atoms with Gasteiger partial charge in [-0.15, -0.1) is 0 Å². The van der Waals surface area contributed by atoms with E-state index in [4.69, 9.17) is 0 Å². The van der Waals surface area contributed by atoms with E-state index in [2.05, 4.69) is 29.5 Å². The summed E-state index contributed by atoms with van der Waals surface area (Å²) in [7, 11) is 2.14. The highest BCUT2D eigenvalue weighted by Crippen LogP contribution is 2.16. The monoisotopic (exact) mass is 225 g/mol. The Balaban J connectivity index is 1.71. The van der Waals surface area contributed by atoms with E-state index in [1.54, 1.807) is 0 Å². The van der Waals surface area contributed by atoms with Gasteiger partial charge in [-0.25, -0.2) is 0 Å². The van der Waals surface area contributed by atoms with Crippen molar-refractivity contribution in [3.8, 4) is 0 Å². The predicted molar refractivity (Wildman–Crippen MR) is 64.2 cm³/mol. The molecule has 2 heterocycles. The molecular formula is C12H23N3O. The summed E-state index contributed by atoms with van der Waals surface area (Å²) in [4.78, 5) is 14.2. The molecule has 3 unspecified atom stereocenters. The molecule has 0 spiro atoms. The minimum absolute atomic E-state index is 0.0409. The van der Waals surface area contributed by atoms with E-state index in [1.807, 2.05) is 0 Å². The van der Waals surface area contributed by atoms with Gasteiger partial charge in [0.15, 0.2) is 0 Å². The summed E-state index contributed by atoms with van der Waals surface area (Å²) in [5.74, 6) is 1.32. The Labute approximate surface area is 97.8 Å². The van der Waals surface area contributed by atoms with E-state index in [-0.39, 0.29) is 11.9 Å². The number of carbonyl (C=O) groups excluding carboxylic acids is 1. The molecule has 92 valence electrons. The summed E-state index contributed by atoms with van der Waals surface area (Å²) in [6.45, 7) is 6.25. The third kappa shape index (κ3) is 2.74. The quantitative estimate of drug-likeness (QED) is 0.713. The fourth-order valence-electron chi connectivity index (χ4n) is 2.73. The Kier molecular flexibility index (Phi) is 3.82. The van der Waals surface area contributed by atoms with Gasteiger partial charge in [0.1, 0.15) is 0 Å². The van der Waals surface area contributed by atoms with Gasteiger partial charge in [0.2, 0.25) is 5.91 Å². The normalized spacial score (nSPS) is 35.5. The molecule has 2 N–H and O–H groups in total. The van der Waals surface area contributed by atoms with Crippen LogP contribution in [0.4, 0.5) is 0 Å². The molecule has 2 aliphatic rings. The van der Waals surface area contributed by atoms with E-state index in [9.17, 15) is 4.79 Å². The molecule has 0 aromatic rings. The summed E-state index contributed by atoms with van der Waals surface area (Å²) >= 11 is 0. The number of nitrogens with one attached hydrogen (secondary N) is 2. The number of rotatable bonds is 3. The average molecular weight is 225 g/mol. The van der Waals surface area contributed by atoms with Crippen molar-refractivity contribution < 1.29 is 4.79 Å². The molecule has 16 heavy (non-hydrogen) atoms. The molecule has 4 heteroatoms. The first-order valence-electron chi connectivity index (χ1n) is 6.36. The van der Waals surface area contributed by atoms with Gasteiger partial charge in [-0.3, -0.25) is 4.79 Å². The van der Waals surface area contributed by atoms with Crippen LogP contribution >= 0.6 is 0 Å². The number of nitrogens with zero attached hydrogens (tertiary/aromatic N) is 1. The number of carbonyl (C=O) groups is 1. The number of likely N-dealkylation sites (tertiary alicyclic amines) is 1. The molecular weight excluding hydrogens is 202 g/mol. The van der Waals surface area contributed by atoms with Crippen molar-refractivity contribution in [2.45, 2.75) is 25.8 Å². The van der Waals surface area contributed by atoms with Crippen LogP contribution in [0, 0.1) is 11.8 Å². The van der Waals surface area contributed by atoms with Crippen LogP contribution in [0.25, 0.3) is 0 Å². The Morgan fingerprint density at radius 1 is 1.50 bits per heavy atom. The third-order valence-corrected chi connectivity index (χ3v) is 3.87. The molecule has 1 amide bonds. The maximum atomic E-state index is 11.9. The van der Waals surface area contributed by atoms with Gasteiger partial charge >= 0.3 is 0 Å². The molecule has 0 saturated carbocycles. The van der Waals surface area contributed by atoms with Gasteiger partial charge in [0.05, 0.1) is 6.04 Å². The molecule has 0 radical (unpaired) electrons. The maximum Gasteiger partial charge on any atom is 0.237 e. The highest BCUT2D eigenvalue weighted by Gasteiger charge is 2.29. The summed E-state index contributed by atoms with van der Waals surface area (Å²) in [5.41, 5.74) is 0. The molecule has 0 aromatic carbocycles. The van der Waals surface area contributed by atoms with Crippen LogP contribution in [0.5, 0.6) is 0 Å². The minimum atomic E-state index is 0.0409. The predicted octanol–water partition coefficient (Wildman–Crippen LogP) is 0.0523. The lowest BCUT2D eigenvalue weighted by Gasteiger charge is -2.17. The standard InChI is InChI=1S/C12H23N3O/c1-9-3-5-13-11(9)12(16)14-7-10-4-6-15(2)8-10/h9-11,13H,3-8H2,1-2H3,(H,14,16). The van der Waals surface area contributed by atoms with Crippen molar-refractivity contribution in [1.82, 2.24) is 15.5 Å². The van der Waals surface area contributed by atoms with Crippen LogP contribution in [0.2, 0.25) is 0 Å². The lowest BCUT2D eigenvalue weighted by atomic mass is 10.0. The summed E-state index contributed by atoms with van der Waals surface area (Å²) in [6.07, 6.45) is 2.33. The van der Waals surface area contributed by atoms with Crippen molar-refractivity contribution in [1.29, 1.82) is 0 Å². The molecule has 2 aliphatic heterocycles. The zero-order chi connectivity index (χ0) is 11.5. The highest BCUT2D eigenvalue weighted by molar-refractivity contribution is 5.82. The number of amides is 1. The second-order valence-electron chi connectivity index (χ2n) is 5.36. The molecule has 2 rings (SSSR count). The second-order valence-corrected chi connectivity index (χ2v) is 5.36.